The maximum Gasteiger partial charge on any atom is 0.234 e. The van der Waals surface area contributed by atoms with Gasteiger partial charge in [-0.05, 0) is 47.7 Å². The van der Waals surface area contributed by atoms with E-state index in [1.807, 2.05) is 48.7 Å². The Morgan fingerprint density at radius 3 is 2.52 bits per heavy atom. The van der Waals surface area contributed by atoms with Crippen molar-refractivity contribution < 1.29 is 9.18 Å². The van der Waals surface area contributed by atoms with Crippen LogP contribution in [0.1, 0.15) is 35.0 Å². The lowest BCUT2D eigenvalue weighted by molar-refractivity contribution is -0.120. The zero-order valence-electron chi connectivity index (χ0n) is 14.8. The van der Waals surface area contributed by atoms with Crippen LogP contribution in [0.2, 0.25) is 5.02 Å². The van der Waals surface area contributed by atoms with Crippen LogP contribution in [0.5, 0.6) is 0 Å². The lowest BCUT2D eigenvalue weighted by atomic mass is 10.1. The average molecular weight is 403 g/mol. The van der Waals surface area contributed by atoms with Gasteiger partial charge in [-0.25, -0.2) is 4.39 Å². The van der Waals surface area contributed by atoms with Crippen molar-refractivity contribution in [2.24, 2.45) is 0 Å². The molecule has 0 spiro atoms. The Bertz CT molecular complexity index is 883. The third-order valence-electron chi connectivity index (χ3n) is 4.28. The maximum absolute atomic E-state index is 13.3. The van der Waals surface area contributed by atoms with Crippen LogP contribution < -0.4 is 10.6 Å². The molecule has 1 heterocycles. The van der Waals surface area contributed by atoms with E-state index in [-0.39, 0.29) is 30.4 Å². The third-order valence-corrected chi connectivity index (χ3v) is 5.56. The Hall–Kier alpha value is -2.21. The number of amides is 1. The first-order chi connectivity index (χ1) is 13.0. The van der Waals surface area contributed by atoms with Crippen LogP contribution in [-0.4, -0.2) is 12.5 Å². The van der Waals surface area contributed by atoms with Crippen molar-refractivity contribution in [3.05, 3.63) is 92.9 Å². The highest BCUT2D eigenvalue weighted by Crippen LogP contribution is 2.26. The van der Waals surface area contributed by atoms with Gasteiger partial charge in [-0.15, -0.1) is 11.3 Å². The van der Waals surface area contributed by atoms with E-state index < -0.39 is 0 Å². The summed E-state index contributed by atoms with van der Waals surface area (Å²) < 4.78 is 13.3. The van der Waals surface area contributed by atoms with Crippen LogP contribution in [0.15, 0.2) is 66.0 Å². The minimum Gasteiger partial charge on any atom is -0.343 e. The zero-order valence-corrected chi connectivity index (χ0v) is 16.4. The molecule has 3 nitrogen and oxygen atoms in total. The van der Waals surface area contributed by atoms with Gasteiger partial charge in [0.15, 0.2) is 0 Å². The van der Waals surface area contributed by atoms with Gasteiger partial charge in [0.05, 0.1) is 12.6 Å². The summed E-state index contributed by atoms with van der Waals surface area (Å²) in [5.41, 5.74) is 1.78. The van der Waals surface area contributed by atoms with Gasteiger partial charge in [-0.3, -0.25) is 4.79 Å². The van der Waals surface area contributed by atoms with Crippen molar-refractivity contribution in [2.75, 3.05) is 6.54 Å². The largest absolute Gasteiger partial charge is 0.343 e. The maximum atomic E-state index is 13.3. The number of hydrogen-bond acceptors (Lipinski definition) is 3. The molecule has 140 valence electrons. The number of carbonyl (C=O) groups is 1. The molecule has 3 aromatic rings. The summed E-state index contributed by atoms with van der Waals surface area (Å²) in [6.45, 7) is 2.11. The monoisotopic (exact) mass is 402 g/mol. The second-order valence-electron chi connectivity index (χ2n) is 6.19. The summed E-state index contributed by atoms with van der Waals surface area (Å²) in [6.07, 6.45) is 0. The molecular formula is C21H20ClFN2OS. The highest BCUT2D eigenvalue weighted by atomic mass is 35.5. The Balaban J connectivity index is 1.66. The van der Waals surface area contributed by atoms with Crippen molar-refractivity contribution in [3.8, 4) is 0 Å². The first-order valence-electron chi connectivity index (χ1n) is 8.60. The molecule has 27 heavy (non-hydrogen) atoms. The molecule has 1 amide bonds. The fraction of sp³-hybridized carbons (Fsp3) is 0.190. The van der Waals surface area contributed by atoms with Gasteiger partial charge in [-0.1, -0.05) is 48.0 Å². The summed E-state index contributed by atoms with van der Waals surface area (Å²) in [4.78, 5) is 13.5. The highest BCUT2D eigenvalue weighted by Gasteiger charge is 2.18. The van der Waals surface area contributed by atoms with E-state index in [9.17, 15) is 9.18 Å². The fourth-order valence-corrected chi connectivity index (χ4v) is 3.93. The summed E-state index contributed by atoms with van der Waals surface area (Å²) in [5, 5.41) is 8.85. The van der Waals surface area contributed by atoms with E-state index in [1.165, 1.54) is 12.1 Å². The average Bonchev–Trinajstić information content (AvgIpc) is 3.20. The van der Waals surface area contributed by atoms with E-state index in [1.54, 1.807) is 23.5 Å². The molecule has 1 aromatic heterocycles. The molecule has 0 bridgehead atoms. The molecule has 0 radical (unpaired) electrons. The van der Waals surface area contributed by atoms with Gasteiger partial charge in [0.2, 0.25) is 5.91 Å². The number of halogens is 2. The van der Waals surface area contributed by atoms with Crippen LogP contribution in [0, 0.1) is 5.82 Å². The number of thiophene rings is 1. The van der Waals surface area contributed by atoms with Gasteiger partial charge in [0.25, 0.3) is 0 Å². The van der Waals surface area contributed by atoms with Gasteiger partial charge >= 0.3 is 0 Å². The van der Waals surface area contributed by atoms with E-state index in [2.05, 4.69) is 10.6 Å². The van der Waals surface area contributed by atoms with Crippen molar-refractivity contribution in [1.82, 2.24) is 10.6 Å². The third kappa shape index (κ3) is 5.16. The predicted molar refractivity (Wildman–Crippen MR) is 109 cm³/mol. The van der Waals surface area contributed by atoms with E-state index in [4.69, 9.17) is 11.6 Å². The highest BCUT2D eigenvalue weighted by molar-refractivity contribution is 7.10. The van der Waals surface area contributed by atoms with Crippen molar-refractivity contribution >= 4 is 28.8 Å². The SMILES string of the molecule is CC(NCC(=O)NC(c1ccc(F)cc1)c1cccs1)c1ccccc1Cl. The molecule has 0 aliphatic heterocycles. The smallest absolute Gasteiger partial charge is 0.234 e. The second-order valence-corrected chi connectivity index (χ2v) is 7.58. The lowest BCUT2D eigenvalue weighted by Gasteiger charge is -2.20. The first kappa shape index (κ1) is 19.5. The fourth-order valence-electron chi connectivity index (χ4n) is 2.82. The van der Waals surface area contributed by atoms with Crippen molar-refractivity contribution in [1.29, 1.82) is 0 Å². The molecule has 2 atom stereocenters. The van der Waals surface area contributed by atoms with Crippen LogP contribution in [-0.2, 0) is 4.79 Å². The minimum atomic E-state index is -0.310. The predicted octanol–water partition coefficient (Wildman–Crippen LogP) is 5.10. The van der Waals surface area contributed by atoms with Crippen LogP contribution in [0.3, 0.4) is 0 Å². The zero-order chi connectivity index (χ0) is 19.2. The molecule has 2 N–H and O–H groups in total. The number of nitrogens with one attached hydrogen (secondary N) is 2. The van der Waals surface area contributed by atoms with Gasteiger partial charge in [0, 0.05) is 15.9 Å². The van der Waals surface area contributed by atoms with Gasteiger partial charge < -0.3 is 10.6 Å². The first-order valence-corrected chi connectivity index (χ1v) is 9.86. The number of carbonyl (C=O) groups excluding carboxylic acids is 1. The Morgan fingerprint density at radius 2 is 1.85 bits per heavy atom. The van der Waals surface area contributed by atoms with Crippen LogP contribution >= 0.6 is 22.9 Å². The molecule has 0 saturated carbocycles. The van der Waals surface area contributed by atoms with Gasteiger partial charge in [0.1, 0.15) is 5.82 Å². The Labute approximate surface area is 167 Å². The van der Waals surface area contributed by atoms with Crippen molar-refractivity contribution in [2.45, 2.75) is 19.0 Å². The van der Waals surface area contributed by atoms with Crippen LogP contribution in [0.25, 0.3) is 0 Å². The van der Waals surface area contributed by atoms with E-state index >= 15 is 0 Å². The Morgan fingerprint density at radius 1 is 1.11 bits per heavy atom. The molecule has 0 saturated heterocycles. The molecular weight excluding hydrogens is 383 g/mol. The van der Waals surface area contributed by atoms with E-state index in [0.717, 1.165) is 16.0 Å². The Kier molecular flexibility index (Phi) is 6.61. The molecule has 2 aromatic carbocycles. The number of benzene rings is 2. The van der Waals surface area contributed by atoms with Crippen LogP contribution in [0.4, 0.5) is 4.39 Å². The minimum absolute atomic E-state index is 0.0598. The summed E-state index contributed by atoms with van der Waals surface area (Å²) >= 11 is 7.76. The number of hydrogen-bond donors (Lipinski definition) is 2. The normalized spacial score (nSPS) is 13.1. The summed E-state index contributed by atoms with van der Waals surface area (Å²) in [5.74, 6) is -0.443. The second kappa shape index (κ2) is 9.13. The summed E-state index contributed by atoms with van der Waals surface area (Å²) in [7, 11) is 0. The number of rotatable bonds is 7. The van der Waals surface area contributed by atoms with Gasteiger partial charge in [-0.2, -0.15) is 0 Å². The van der Waals surface area contributed by atoms with Crippen molar-refractivity contribution in [3.63, 3.8) is 0 Å². The van der Waals surface area contributed by atoms with E-state index in [0.29, 0.717) is 5.02 Å². The molecule has 0 aliphatic rings. The quantitative estimate of drug-likeness (QED) is 0.577. The molecule has 3 rings (SSSR count). The molecule has 0 fully saturated rings. The topological polar surface area (TPSA) is 41.1 Å². The lowest BCUT2D eigenvalue weighted by Crippen LogP contribution is -2.37. The standard InChI is InChI=1S/C21H20ClFN2OS/c1-14(17-5-2-3-6-18(17)22)24-13-20(26)25-21(19-7-4-12-27-19)15-8-10-16(23)11-9-15/h2-12,14,21,24H,13H2,1H3,(H,25,26). The molecule has 0 aliphatic carbocycles. The molecule has 6 heteroatoms. The molecule has 2 unspecified atom stereocenters. The summed E-state index contributed by atoms with van der Waals surface area (Å²) in [6, 6.07) is 17.3.